The predicted molar refractivity (Wildman–Crippen MR) is 95.9 cm³/mol. The van der Waals surface area contributed by atoms with E-state index in [-0.39, 0.29) is 31.0 Å². The van der Waals surface area contributed by atoms with Gasteiger partial charge in [0.2, 0.25) is 5.60 Å². The number of alkyl halides is 3. The van der Waals surface area contributed by atoms with Crippen LogP contribution in [0.2, 0.25) is 0 Å². The molecule has 1 aliphatic heterocycles. The van der Waals surface area contributed by atoms with E-state index in [2.05, 4.69) is 0 Å². The van der Waals surface area contributed by atoms with Crippen molar-refractivity contribution in [1.29, 1.82) is 0 Å². The van der Waals surface area contributed by atoms with E-state index in [1.54, 1.807) is 43.1 Å². The lowest BCUT2D eigenvalue weighted by molar-refractivity contribution is -0.251. The Morgan fingerprint density at radius 2 is 1.82 bits per heavy atom. The molecular formula is C19H25F3N2O4. The highest BCUT2D eigenvalue weighted by molar-refractivity contribution is 5.94. The molecule has 0 aliphatic carbocycles. The monoisotopic (exact) mass is 402 g/mol. The Morgan fingerprint density at radius 1 is 1.25 bits per heavy atom. The zero-order chi connectivity index (χ0) is 21.3. The number of hydrogen-bond acceptors (Lipinski definition) is 4. The van der Waals surface area contributed by atoms with Gasteiger partial charge in [0.05, 0.1) is 7.11 Å². The molecule has 1 heterocycles. The largest absolute Gasteiger partial charge is 0.497 e. The summed E-state index contributed by atoms with van der Waals surface area (Å²) in [5, 5.41) is 9.62. The van der Waals surface area contributed by atoms with Crippen LogP contribution in [0.15, 0.2) is 24.3 Å². The average molecular weight is 402 g/mol. The van der Waals surface area contributed by atoms with Gasteiger partial charge < -0.3 is 19.6 Å². The Balaban J connectivity index is 2.06. The van der Waals surface area contributed by atoms with E-state index in [9.17, 15) is 27.9 Å². The smallest absolute Gasteiger partial charge is 0.426 e. The third-order valence-corrected chi connectivity index (χ3v) is 5.27. The van der Waals surface area contributed by atoms with Crippen LogP contribution < -0.4 is 4.74 Å². The molecule has 2 unspecified atom stereocenters. The molecule has 3 atom stereocenters. The third kappa shape index (κ3) is 4.24. The lowest BCUT2D eigenvalue weighted by atomic mass is 9.90. The third-order valence-electron chi connectivity index (χ3n) is 5.27. The van der Waals surface area contributed by atoms with E-state index in [0.29, 0.717) is 24.7 Å². The van der Waals surface area contributed by atoms with Crippen molar-refractivity contribution in [1.82, 2.24) is 9.80 Å². The van der Waals surface area contributed by atoms with Crippen LogP contribution in [0.1, 0.15) is 30.6 Å². The summed E-state index contributed by atoms with van der Waals surface area (Å²) in [7, 11) is 3.16. The van der Waals surface area contributed by atoms with Crippen molar-refractivity contribution in [3.05, 3.63) is 29.8 Å². The second kappa shape index (κ2) is 7.98. The van der Waals surface area contributed by atoms with Crippen molar-refractivity contribution in [2.75, 3.05) is 27.2 Å². The fraction of sp³-hybridized carbons (Fsp3) is 0.579. The molecule has 1 aliphatic rings. The van der Waals surface area contributed by atoms with Crippen molar-refractivity contribution in [3.8, 4) is 5.75 Å². The number of hydrogen-bond donors (Lipinski definition) is 1. The average Bonchev–Trinajstić information content (AvgIpc) is 2.65. The molecular weight excluding hydrogens is 377 g/mol. The molecule has 0 saturated carbocycles. The van der Waals surface area contributed by atoms with Gasteiger partial charge in [0.1, 0.15) is 5.75 Å². The van der Waals surface area contributed by atoms with Gasteiger partial charge in [0, 0.05) is 31.7 Å². The van der Waals surface area contributed by atoms with Gasteiger partial charge in [-0.1, -0.05) is 6.92 Å². The van der Waals surface area contributed by atoms with Crippen molar-refractivity contribution >= 4 is 11.8 Å². The van der Waals surface area contributed by atoms with Gasteiger partial charge >= 0.3 is 6.18 Å². The summed E-state index contributed by atoms with van der Waals surface area (Å²) in [6.45, 7) is 2.28. The normalized spacial score (nSPS) is 22.4. The summed E-state index contributed by atoms with van der Waals surface area (Å²) in [4.78, 5) is 27.4. The molecule has 1 N–H and O–H groups in total. The summed E-state index contributed by atoms with van der Waals surface area (Å²) < 4.78 is 43.9. The lowest BCUT2D eigenvalue weighted by Gasteiger charge is -2.43. The van der Waals surface area contributed by atoms with Crippen LogP contribution in [0.3, 0.4) is 0 Å². The second-order valence-corrected chi connectivity index (χ2v) is 7.30. The van der Waals surface area contributed by atoms with Crippen LogP contribution in [0.4, 0.5) is 13.2 Å². The van der Waals surface area contributed by atoms with Crippen LogP contribution in [0.5, 0.6) is 5.75 Å². The van der Waals surface area contributed by atoms with E-state index in [0.717, 1.165) is 4.90 Å². The molecule has 0 aromatic heterocycles. The summed E-state index contributed by atoms with van der Waals surface area (Å²) in [5.74, 6) is -1.22. The van der Waals surface area contributed by atoms with Crippen LogP contribution >= 0.6 is 0 Å². The van der Waals surface area contributed by atoms with E-state index in [1.807, 2.05) is 0 Å². The van der Waals surface area contributed by atoms with Gasteiger partial charge in [-0.2, -0.15) is 13.2 Å². The molecule has 28 heavy (non-hydrogen) atoms. The topological polar surface area (TPSA) is 70.1 Å². The SMILES string of the molecule is COc1ccc(C(=O)N(C)C2CCN(C(=O)[C@@](C)(O)C(F)(F)F)CC2C)cc1. The number of halogens is 3. The summed E-state index contributed by atoms with van der Waals surface area (Å²) in [6, 6.07) is 6.38. The molecule has 0 spiro atoms. The number of carbonyl (C=O) groups excluding carboxylic acids is 2. The summed E-state index contributed by atoms with van der Waals surface area (Å²) in [5.41, 5.74) is -2.96. The van der Waals surface area contributed by atoms with Gasteiger partial charge in [0.15, 0.2) is 0 Å². The maximum atomic E-state index is 12.9. The molecule has 1 saturated heterocycles. The minimum atomic E-state index is -5.05. The molecule has 0 bridgehead atoms. The van der Waals surface area contributed by atoms with Gasteiger partial charge in [-0.3, -0.25) is 9.59 Å². The number of methoxy groups -OCH3 is 1. The van der Waals surface area contributed by atoms with Crippen molar-refractivity contribution in [3.63, 3.8) is 0 Å². The zero-order valence-electron chi connectivity index (χ0n) is 16.3. The highest BCUT2D eigenvalue weighted by Crippen LogP contribution is 2.33. The molecule has 9 heteroatoms. The van der Waals surface area contributed by atoms with Crippen LogP contribution in [0, 0.1) is 5.92 Å². The maximum absolute atomic E-state index is 12.9. The molecule has 1 aromatic rings. The molecule has 2 amide bonds. The lowest BCUT2D eigenvalue weighted by Crippen LogP contribution is -2.60. The first-order valence-corrected chi connectivity index (χ1v) is 8.89. The van der Waals surface area contributed by atoms with E-state index in [4.69, 9.17) is 4.74 Å². The van der Waals surface area contributed by atoms with Crippen molar-refractivity contribution in [2.24, 2.45) is 5.92 Å². The number of carbonyl (C=O) groups is 2. The maximum Gasteiger partial charge on any atom is 0.426 e. The molecule has 0 radical (unpaired) electrons. The number of rotatable bonds is 4. The van der Waals surface area contributed by atoms with Gasteiger partial charge in [-0.05, 0) is 43.5 Å². The molecule has 156 valence electrons. The van der Waals surface area contributed by atoms with E-state index in [1.165, 1.54) is 7.11 Å². The number of ether oxygens (including phenoxy) is 1. The Labute approximate surface area is 161 Å². The first kappa shape index (κ1) is 22.0. The minimum absolute atomic E-state index is 0.0238. The quantitative estimate of drug-likeness (QED) is 0.839. The Morgan fingerprint density at radius 3 is 2.29 bits per heavy atom. The fourth-order valence-corrected chi connectivity index (χ4v) is 3.41. The minimum Gasteiger partial charge on any atom is -0.497 e. The molecule has 6 nitrogen and oxygen atoms in total. The van der Waals surface area contributed by atoms with Crippen molar-refractivity contribution < 1.29 is 32.6 Å². The Bertz CT molecular complexity index is 719. The molecule has 1 fully saturated rings. The Kier molecular flexibility index (Phi) is 6.27. The van der Waals surface area contributed by atoms with Crippen LogP contribution in [0.25, 0.3) is 0 Å². The molecule has 2 rings (SSSR count). The predicted octanol–water partition coefficient (Wildman–Crippen LogP) is 2.32. The second-order valence-electron chi connectivity index (χ2n) is 7.30. The van der Waals surface area contributed by atoms with Gasteiger partial charge in [-0.15, -0.1) is 0 Å². The number of aliphatic hydroxyl groups is 1. The van der Waals surface area contributed by atoms with Crippen LogP contribution in [-0.2, 0) is 4.79 Å². The highest BCUT2D eigenvalue weighted by Gasteiger charge is 2.57. The van der Waals surface area contributed by atoms with Crippen LogP contribution in [-0.4, -0.2) is 71.8 Å². The first-order valence-electron chi connectivity index (χ1n) is 8.89. The number of amides is 2. The summed E-state index contributed by atoms with van der Waals surface area (Å²) in [6.07, 6.45) is -4.73. The van der Waals surface area contributed by atoms with Gasteiger partial charge in [-0.25, -0.2) is 0 Å². The number of likely N-dealkylation sites (tertiary alicyclic amines) is 1. The Hall–Kier alpha value is -2.29. The van der Waals surface area contributed by atoms with E-state index >= 15 is 0 Å². The van der Waals surface area contributed by atoms with Crippen molar-refractivity contribution in [2.45, 2.75) is 38.1 Å². The number of piperidine rings is 1. The molecule has 1 aromatic carbocycles. The fourth-order valence-electron chi connectivity index (χ4n) is 3.41. The number of benzene rings is 1. The van der Waals surface area contributed by atoms with Gasteiger partial charge in [0.25, 0.3) is 11.8 Å². The van der Waals surface area contributed by atoms with E-state index < -0.39 is 17.7 Å². The zero-order valence-corrected chi connectivity index (χ0v) is 16.3. The standard InChI is InChI=1S/C19H25F3N2O4/c1-12-11-24(17(26)18(2,27)19(20,21)22)10-9-15(12)23(3)16(25)13-5-7-14(28-4)8-6-13/h5-8,12,15,27H,9-11H2,1-4H3/t12?,15?,18-/m1/s1. The highest BCUT2D eigenvalue weighted by atomic mass is 19.4. The number of nitrogens with zero attached hydrogens (tertiary/aromatic N) is 2. The summed E-state index contributed by atoms with van der Waals surface area (Å²) >= 11 is 0. The first-order chi connectivity index (χ1) is 12.9.